The first-order valence-electron chi connectivity index (χ1n) is 6.01. The highest BCUT2D eigenvalue weighted by Gasteiger charge is 2.11. The van der Waals surface area contributed by atoms with Crippen molar-refractivity contribution >= 4 is 23.2 Å². The monoisotopic (exact) mass is 314 g/mol. The zero-order valence-electron chi connectivity index (χ0n) is 10.7. The summed E-state index contributed by atoms with van der Waals surface area (Å²) in [5.74, 6) is 0.0748. The molecule has 0 fully saturated rings. The van der Waals surface area contributed by atoms with Crippen LogP contribution in [0.1, 0.15) is 24.2 Å². The maximum atomic E-state index is 13.6. The Hall–Kier alpha value is -1.29. The second kappa shape index (κ2) is 6.44. The van der Waals surface area contributed by atoms with Gasteiger partial charge in [0.1, 0.15) is 18.2 Å². The Morgan fingerprint density at radius 2 is 1.80 bits per heavy atom. The molecule has 0 heterocycles. The highest BCUT2D eigenvalue weighted by molar-refractivity contribution is 6.30. The molecule has 0 aliphatic rings. The summed E-state index contributed by atoms with van der Waals surface area (Å²) in [4.78, 5) is 0. The van der Waals surface area contributed by atoms with Gasteiger partial charge in [0, 0.05) is 21.2 Å². The Kier molecular flexibility index (Phi) is 4.86. The van der Waals surface area contributed by atoms with Crippen molar-refractivity contribution < 1.29 is 14.2 Å². The van der Waals surface area contributed by atoms with Crippen molar-refractivity contribution in [3.63, 3.8) is 0 Å². The van der Waals surface area contributed by atoms with E-state index in [-0.39, 0.29) is 12.4 Å². The van der Waals surface area contributed by atoms with Gasteiger partial charge in [0.05, 0.1) is 6.10 Å². The van der Waals surface area contributed by atoms with Gasteiger partial charge in [0.15, 0.2) is 0 Å². The zero-order chi connectivity index (χ0) is 14.7. The van der Waals surface area contributed by atoms with Gasteiger partial charge in [-0.25, -0.2) is 4.39 Å². The van der Waals surface area contributed by atoms with Gasteiger partial charge in [-0.3, -0.25) is 0 Å². The summed E-state index contributed by atoms with van der Waals surface area (Å²) in [7, 11) is 0. The van der Waals surface area contributed by atoms with Crippen LogP contribution in [0.5, 0.6) is 5.75 Å². The first kappa shape index (κ1) is 15.1. The molecule has 2 aromatic carbocycles. The summed E-state index contributed by atoms with van der Waals surface area (Å²) in [5, 5.41) is 10.6. The predicted molar refractivity (Wildman–Crippen MR) is 77.8 cm³/mol. The largest absolute Gasteiger partial charge is 0.488 e. The maximum absolute atomic E-state index is 13.6. The lowest BCUT2D eigenvalue weighted by molar-refractivity contribution is 0.190. The summed E-state index contributed by atoms with van der Waals surface area (Å²) < 4.78 is 19.1. The van der Waals surface area contributed by atoms with E-state index in [0.717, 1.165) is 0 Å². The third-order valence-electron chi connectivity index (χ3n) is 2.81. The van der Waals surface area contributed by atoms with Gasteiger partial charge in [-0.15, -0.1) is 0 Å². The van der Waals surface area contributed by atoms with E-state index in [4.69, 9.17) is 27.9 Å². The Labute approximate surface area is 126 Å². The third kappa shape index (κ3) is 3.63. The van der Waals surface area contributed by atoms with Crippen LogP contribution in [0.3, 0.4) is 0 Å². The molecule has 2 rings (SSSR count). The van der Waals surface area contributed by atoms with E-state index in [9.17, 15) is 9.50 Å². The van der Waals surface area contributed by atoms with Crippen molar-refractivity contribution in [1.29, 1.82) is 0 Å². The minimum atomic E-state index is -0.729. The van der Waals surface area contributed by atoms with Gasteiger partial charge < -0.3 is 9.84 Å². The molecule has 1 N–H and O–H groups in total. The fourth-order valence-corrected chi connectivity index (χ4v) is 2.16. The Bertz CT molecular complexity index is 615. The van der Waals surface area contributed by atoms with Gasteiger partial charge in [-0.05, 0) is 43.3 Å². The number of aliphatic hydroxyl groups excluding tert-OH is 1. The van der Waals surface area contributed by atoms with Crippen molar-refractivity contribution in [3.05, 3.63) is 63.4 Å². The number of hydrogen-bond acceptors (Lipinski definition) is 2. The molecule has 0 amide bonds. The molecule has 20 heavy (non-hydrogen) atoms. The molecule has 2 nitrogen and oxygen atoms in total. The Morgan fingerprint density at radius 1 is 1.15 bits per heavy atom. The van der Waals surface area contributed by atoms with Crippen LogP contribution in [0.15, 0.2) is 36.4 Å². The van der Waals surface area contributed by atoms with E-state index >= 15 is 0 Å². The number of ether oxygens (including phenoxy) is 1. The number of halogens is 3. The van der Waals surface area contributed by atoms with Crippen molar-refractivity contribution in [3.8, 4) is 5.75 Å². The summed E-state index contributed by atoms with van der Waals surface area (Å²) in [5.41, 5.74) is 0.906. The van der Waals surface area contributed by atoms with Crippen LogP contribution in [0.4, 0.5) is 4.39 Å². The average Bonchev–Trinajstić information content (AvgIpc) is 2.40. The molecule has 0 bridgehead atoms. The van der Waals surface area contributed by atoms with Crippen LogP contribution in [0, 0.1) is 5.82 Å². The van der Waals surface area contributed by atoms with E-state index in [0.29, 0.717) is 26.9 Å². The fourth-order valence-electron chi connectivity index (χ4n) is 1.79. The minimum Gasteiger partial charge on any atom is -0.488 e. The molecule has 0 radical (unpaired) electrons. The van der Waals surface area contributed by atoms with Gasteiger partial charge in [-0.1, -0.05) is 23.2 Å². The lowest BCUT2D eigenvalue weighted by atomic mass is 10.1. The van der Waals surface area contributed by atoms with Crippen molar-refractivity contribution in [1.82, 2.24) is 0 Å². The third-order valence-corrected chi connectivity index (χ3v) is 3.28. The molecule has 0 saturated heterocycles. The molecule has 0 spiro atoms. The van der Waals surface area contributed by atoms with Gasteiger partial charge in [0.2, 0.25) is 0 Å². The summed E-state index contributed by atoms with van der Waals surface area (Å²) >= 11 is 11.7. The van der Waals surface area contributed by atoms with Gasteiger partial charge in [0.25, 0.3) is 0 Å². The summed E-state index contributed by atoms with van der Waals surface area (Å²) in [6.07, 6.45) is -0.729. The minimum absolute atomic E-state index is 0.0216. The molecule has 0 saturated carbocycles. The highest BCUT2D eigenvalue weighted by Crippen LogP contribution is 2.29. The van der Waals surface area contributed by atoms with E-state index < -0.39 is 6.10 Å². The van der Waals surface area contributed by atoms with E-state index in [1.807, 2.05) is 0 Å². The van der Waals surface area contributed by atoms with Crippen LogP contribution >= 0.6 is 23.2 Å². The topological polar surface area (TPSA) is 29.5 Å². The van der Waals surface area contributed by atoms with E-state index in [1.54, 1.807) is 25.1 Å². The van der Waals surface area contributed by atoms with Crippen LogP contribution in [0.2, 0.25) is 10.0 Å². The molecular weight excluding hydrogens is 302 g/mol. The van der Waals surface area contributed by atoms with Crippen molar-refractivity contribution in [2.24, 2.45) is 0 Å². The maximum Gasteiger partial charge on any atom is 0.129 e. The molecule has 2 aromatic rings. The second-order valence-corrected chi connectivity index (χ2v) is 5.26. The standard InChI is InChI=1S/C15H13Cl2FO2/c1-9(19)13-7-12(17)3-5-15(13)20-8-10-6-11(16)2-4-14(10)18/h2-7,9,19H,8H2,1H3. The Balaban J connectivity index is 2.20. The lowest BCUT2D eigenvalue weighted by Crippen LogP contribution is -2.02. The quantitative estimate of drug-likeness (QED) is 0.881. The molecule has 0 aliphatic heterocycles. The summed E-state index contributed by atoms with van der Waals surface area (Å²) in [6, 6.07) is 9.19. The normalized spacial score (nSPS) is 12.2. The number of aliphatic hydroxyl groups is 1. The molecule has 1 unspecified atom stereocenters. The predicted octanol–water partition coefficient (Wildman–Crippen LogP) is 4.76. The second-order valence-electron chi connectivity index (χ2n) is 4.38. The number of rotatable bonds is 4. The lowest BCUT2D eigenvalue weighted by Gasteiger charge is -2.14. The molecular formula is C15H13Cl2FO2. The van der Waals surface area contributed by atoms with Crippen LogP contribution in [-0.2, 0) is 6.61 Å². The van der Waals surface area contributed by atoms with Crippen molar-refractivity contribution in [2.45, 2.75) is 19.6 Å². The average molecular weight is 315 g/mol. The van der Waals surface area contributed by atoms with Crippen molar-refractivity contribution in [2.75, 3.05) is 0 Å². The van der Waals surface area contributed by atoms with E-state index in [1.165, 1.54) is 18.2 Å². The SMILES string of the molecule is CC(O)c1cc(Cl)ccc1OCc1cc(Cl)ccc1F. The Morgan fingerprint density at radius 3 is 2.50 bits per heavy atom. The van der Waals surface area contributed by atoms with Crippen LogP contribution < -0.4 is 4.74 Å². The van der Waals surface area contributed by atoms with E-state index in [2.05, 4.69) is 0 Å². The summed E-state index contributed by atoms with van der Waals surface area (Å²) in [6.45, 7) is 1.63. The fraction of sp³-hybridized carbons (Fsp3) is 0.200. The molecule has 5 heteroatoms. The van der Waals surface area contributed by atoms with Crippen LogP contribution in [0.25, 0.3) is 0 Å². The zero-order valence-corrected chi connectivity index (χ0v) is 12.2. The first-order chi connectivity index (χ1) is 9.47. The van der Waals surface area contributed by atoms with Gasteiger partial charge in [-0.2, -0.15) is 0 Å². The van der Waals surface area contributed by atoms with Gasteiger partial charge >= 0.3 is 0 Å². The highest BCUT2D eigenvalue weighted by atomic mass is 35.5. The number of hydrogen-bond donors (Lipinski definition) is 1. The molecule has 0 aromatic heterocycles. The molecule has 0 aliphatic carbocycles. The number of benzene rings is 2. The molecule has 106 valence electrons. The molecule has 1 atom stereocenters. The smallest absolute Gasteiger partial charge is 0.129 e. The van der Waals surface area contributed by atoms with Crippen LogP contribution in [-0.4, -0.2) is 5.11 Å². The first-order valence-corrected chi connectivity index (χ1v) is 6.77.